The van der Waals surface area contributed by atoms with E-state index in [1.54, 1.807) is 11.6 Å². The number of non-ortho nitro benzene ring substituents is 1. The van der Waals surface area contributed by atoms with Crippen LogP contribution in [-0.4, -0.2) is 26.0 Å². The standard InChI is InChI=1S/C13H7N3O4S/c17-13(18)9-6-11(12-14-3-4-21-12)15-10-2-1-7(16(19)20)5-8(9)10/h1-6H,(H,17,18). The number of carboxylic acids is 1. The van der Waals surface area contributed by atoms with Gasteiger partial charge in [0.05, 0.1) is 16.0 Å². The first-order valence-electron chi connectivity index (χ1n) is 5.78. The minimum Gasteiger partial charge on any atom is -0.478 e. The van der Waals surface area contributed by atoms with Crippen molar-refractivity contribution in [3.05, 3.63) is 51.5 Å². The lowest BCUT2D eigenvalue weighted by molar-refractivity contribution is -0.384. The third kappa shape index (κ3) is 2.32. The number of carbonyl (C=O) groups is 1. The van der Waals surface area contributed by atoms with Crippen molar-refractivity contribution >= 4 is 33.9 Å². The Morgan fingerprint density at radius 3 is 2.76 bits per heavy atom. The first-order chi connectivity index (χ1) is 10.1. The highest BCUT2D eigenvalue weighted by atomic mass is 32.1. The van der Waals surface area contributed by atoms with Crippen molar-refractivity contribution in [3.63, 3.8) is 0 Å². The highest BCUT2D eigenvalue weighted by Crippen LogP contribution is 2.28. The van der Waals surface area contributed by atoms with Crippen LogP contribution < -0.4 is 0 Å². The lowest BCUT2D eigenvalue weighted by Gasteiger charge is -2.05. The average molecular weight is 301 g/mol. The van der Waals surface area contributed by atoms with Crippen molar-refractivity contribution < 1.29 is 14.8 Å². The summed E-state index contributed by atoms with van der Waals surface area (Å²) in [5.74, 6) is -1.17. The topological polar surface area (TPSA) is 106 Å². The van der Waals surface area contributed by atoms with Gasteiger partial charge in [0.2, 0.25) is 0 Å². The van der Waals surface area contributed by atoms with E-state index < -0.39 is 10.9 Å². The molecule has 0 aliphatic heterocycles. The van der Waals surface area contributed by atoms with E-state index >= 15 is 0 Å². The number of nitrogens with zero attached hydrogens (tertiary/aromatic N) is 3. The lowest BCUT2D eigenvalue weighted by Crippen LogP contribution is -2.01. The maximum atomic E-state index is 11.4. The van der Waals surface area contributed by atoms with Crippen LogP contribution in [0, 0.1) is 10.1 Å². The summed E-state index contributed by atoms with van der Waals surface area (Å²) >= 11 is 1.34. The highest BCUT2D eigenvalue weighted by Gasteiger charge is 2.17. The molecule has 2 aromatic heterocycles. The van der Waals surface area contributed by atoms with E-state index in [1.807, 2.05) is 0 Å². The Labute approximate surface area is 121 Å². The first-order valence-corrected chi connectivity index (χ1v) is 6.66. The fourth-order valence-corrected chi connectivity index (χ4v) is 2.56. The molecule has 0 saturated carbocycles. The summed E-state index contributed by atoms with van der Waals surface area (Å²) < 4.78 is 0. The number of nitro benzene ring substituents is 1. The average Bonchev–Trinajstić information content (AvgIpc) is 2.99. The molecule has 1 N–H and O–H groups in total. The molecular formula is C13H7N3O4S. The predicted molar refractivity (Wildman–Crippen MR) is 76.5 cm³/mol. The molecule has 0 atom stereocenters. The fourth-order valence-electron chi connectivity index (χ4n) is 1.96. The molecule has 21 heavy (non-hydrogen) atoms. The Balaban J connectivity index is 2.31. The fraction of sp³-hybridized carbons (Fsp3) is 0. The number of benzene rings is 1. The van der Waals surface area contributed by atoms with E-state index in [1.165, 1.54) is 35.6 Å². The lowest BCUT2D eigenvalue weighted by atomic mass is 10.1. The second kappa shape index (κ2) is 4.91. The Morgan fingerprint density at radius 1 is 1.33 bits per heavy atom. The van der Waals surface area contributed by atoms with E-state index in [0.29, 0.717) is 16.2 Å². The third-order valence-electron chi connectivity index (χ3n) is 2.88. The van der Waals surface area contributed by atoms with E-state index in [9.17, 15) is 20.0 Å². The van der Waals surface area contributed by atoms with Gasteiger partial charge < -0.3 is 5.11 Å². The molecule has 0 aliphatic rings. The quantitative estimate of drug-likeness (QED) is 0.588. The van der Waals surface area contributed by atoms with Gasteiger partial charge in [0.15, 0.2) is 0 Å². The number of hydrogen-bond donors (Lipinski definition) is 1. The SMILES string of the molecule is O=C(O)c1cc(-c2nccs2)nc2ccc([N+](=O)[O-])cc12. The first kappa shape index (κ1) is 13.1. The van der Waals surface area contributed by atoms with Gasteiger partial charge in [-0.3, -0.25) is 10.1 Å². The van der Waals surface area contributed by atoms with Crippen LogP contribution in [0.1, 0.15) is 10.4 Å². The maximum absolute atomic E-state index is 11.4. The predicted octanol–water partition coefficient (Wildman–Crippen LogP) is 2.96. The van der Waals surface area contributed by atoms with Crippen molar-refractivity contribution in [1.82, 2.24) is 9.97 Å². The number of thiazole rings is 1. The molecule has 104 valence electrons. The molecule has 3 rings (SSSR count). The Bertz CT molecular complexity index is 861. The van der Waals surface area contributed by atoms with Gasteiger partial charge in [0.1, 0.15) is 10.7 Å². The molecule has 0 fully saturated rings. The van der Waals surface area contributed by atoms with Gasteiger partial charge in [0.25, 0.3) is 5.69 Å². The zero-order valence-corrected chi connectivity index (χ0v) is 11.2. The summed E-state index contributed by atoms with van der Waals surface area (Å²) in [6, 6.07) is 5.34. The van der Waals surface area contributed by atoms with E-state index in [2.05, 4.69) is 9.97 Å². The van der Waals surface area contributed by atoms with E-state index in [0.717, 1.165) is 0 Å². The van der Waals surface area contributed by atoms with Gasteiger partial charge >= 0.3 is 5.97 Å². The van der Waals surface area contributed by atoms with Gasteiger partial charge in [-0.1, -0.05) is 0 Å². The van der Waals surface area contributed by atoms with Crippen LogP contribution in [0.25, 0.3) is 21.6 Å². The minimum absolute atomic E-state index is 0.0334. The summed E-state index contributed by atoms with van der Waals surface area (Å²) in [7, 11) is 0. The van der Waals surface area contributed by atoms with Crippen LogP contribution >= 0.6 is 11.3 Å². The van der Waals surface area contributed by atoms with Crippen LogP contribution in [0.15, 0.2) is 35.8 Å². The molecule has 3 aromatic rings. The largest absolute Gasteiger partial charge is 0.478 e. The number of aromatic carboxylic acids is 1. The second-order valence-electron chi connectivity index (χ2n) is 4.16. The highest BCUT2D eigenvalue weighted by molar-refractivity contribution is 7.13. The van der Waals surface area contributed by atoms with Crippen molar-refractivity contribution in [2.45, 2.75) is 0 Å². The van der Waals surface area contributed by atoms with Gasteiger partial charge in [-0.25, -0.2) is 14.8 Å². The molecule has 8 heteroatoms. The Kier molecular flexibility index (Phi) is 3.07. The monoisotopic (exact) mass is 301 g/mol. The van der Waals surface area contributed by atoms with Crippen LogP contribution in [0.4, 0.5) is 5.69 Å². The summed E-state index contributed by atoms with van der Waals surface area (Å²) in [5.41, 5.74) is 0.608. The van der Waals surface area contributed by atoms with E-state index in [4.69, 9.17) is 0 Å². The summed E-state index contributed by atoms with van der Waals surface area (Å²) in [6.07, 6.45) is 1.60. The molecule has 2 heterocycles. The molecule has 0 bridgehead atoms. The number of aromatic nitrogens is 2. The zero-order chi connectivity index (χ0) is 15.0. The van der Waals surface area contributed by atoms with Crippen molar-refractivity contribution in [2.24, 2.45) is 0 Å². The van der Waals surface area contributed by atoms with Gasteiger partial charge in [-0.2, -0.15) is 0 Å². The molecule has 1 aromatic carbocycles. The molecule has 0 radical (unpaired) electrons. The number of pyridine rings is 1. The number of fused-ring (bicyclic) bond motifs is 1. The van der Waals surface area contributed by atoms with Gasteiger partial charge in [0, 0.05) is 29.1 Å². The molecule has 0 saturated heterocycles. The molecule has 0 spiro atoms. The van der Waals surface area contributed by atoms with E-state index in [-0.39, 0.29) is 16.6 Å². The number of rotatable bonds is 3. The molecule has 0 amide bonds. The third-order valence-corrected chi connectivity index (χ3v) is 3.68. The molecule has 7 nitrogen and oxygen atoms in total. The molecular weight excluding hydrogens is 294 g/mol. The smallest absolute Gasteiger partial charge is 0.336 e. The summed E-state index contributed by atoms with van der Waals surface area (Å²) in [5, 5.41) is 22.7. The minimum atomic E-state index is -1.17. The Morgan fingerprint density at radius 2 is 2.14 bits per heavy atom. The number of carboxylic acid groups (broad SMARTS) is 1. The van der Waals surface area contributed by atoms with Crippen molar-refractivity contribution in [1.29, 1.82) is 0 Å². The van der Waals surface area contributed by atoms with Crippen molar-refractivity contribution in [2.75, 3.05) is 0 Å². The van der Waals surface area contributed by atoms with Crippen molar-refractivity contribution in [3.8, 4) is 10.7 Å². The Hall–Kier alpha value is -2.87. The number of hydrogen-bond acceptors (Lipinski definition) is 6. The molecule has 0 unspecified atom stereocenters. The molecule has 0 aliphatic carbocycles. The summed E-state index contributed by atoms with van der Waals surface area (Å²) in [4.78, 5) is 30.1. The summed E-state index contributed by atoms with van der Waals surface area (Å²) in [6.45, 7) is 0. The van der Waals surface area contributed by atoms with Gasteiger partial charge in [-0.05, 0) is 12.1 Å². The van der Waals surface area contributed by atoms with Crippen LogP contribution in [0.2, 0.25) is 0 Å². The number of nitro groups is 1. The van der Waals surface area contributed by atoms with Crippen LogP contribution in [0.3, 0.4) is 0 Å². The van der Waals surface area contributed by atoms with Gasteiger partial charge in [-0.15, -0.1) is 11.3 Å². The maximum Gasteiger partial charge on any atom is 0.336 e. The zero-order valence-electron chi connectivity index (χ0n) is 10.4. The van der Waals surface area contributed by atoms with Crippen LogP contribution in [-0.2, 0) is 0 Å². The van der Waals surface area contributed by atoms with Crippen LogP contribution in [0.5, 0.6) is 0 Å². The normalized spacial score (nSPS) is 10.7. The second-order valence-corrected chi connectivity index (χ2v) is 5.05.